The van der Waals surface area contributed by atoms with Gasteiger partial charge in [-0.3, -0.25) is 0 Å². The molecule has 2 unspecified atom stereocenters. The topological polar surface area (TPSA) is 30.5 Å². The normalized spacial score (nSPS) is 22.5. The van der Waals surface area contributed by atoms with Crippen molar-refractivity contribution >= 4 is 0 Å². The minimum Gasteiger partial charge on any atom is -0.496 e. The van der Waals surface area contributed by atoms with Crippen molar-refractivity contribution in [3.05, 3.63) is 23.8 Å². The summed E-state index contributed by atoms with van der Waals surface area (Å²) in [7, 11) is 3.49. The van der Waals surface area contributed by atoms with Crippen molar-refractivity contribution in [2.24, 2.45) is 5.92 Å². The molecule has 0 saturated heterocycles. The molecule has 2 atom stereocenters. The SMILES string of the molecule is CCNCC1CCCC1c1c(OC)cccc1OC. The van der Waals surface area contributed by atoms with Crippen LogP contribution in [0.25, 0.3) is 0 Å². The van der Waals surface area contributed by atoms with Gasteiger partial charge in [-0.1, -0.05) is 19.4 Å². The predicted octanol–water partition coefficient (Wildman–Crippen LogP) is 3.20. The standard InChI is InChI=1S/C16H25NO2/c1-4-17-11-12-7-5-8-13(12)16-14(18-2)9-6-10-15(16)19-3/h6,9-10,12-13,17H,4-5,7-8,11H2,1-3H3. The number of rotatable bonds is 6. The minimum atomic E-state index is 0.546. The number of methoxy groups -OCH3 is 2. The van der Waals surface area contributed by atoms with Crippen LogP contribution in [0.15, 0.2) is 18.2 Å². The lowest BCUT2D eigenvalue weighted by molar-refractivity contribution is 0.362. The first-order chi connectivity index (χ1) is 9.31. The Labute approximate surface area is 116 Å². The van der Waals surface area contributed by atoms with Gasteiger partial charge in [0.05, 0.1) is 14.2 Å². The molecule has 1 aliphatic rings. The molecule has 3 nitrogen and oxygen atoms in total. The highest BCUT2D eigenvalue weighted by Gasteiger charge is 2.32. The summed E-state index contributed by atoms with van der Waals surface area (Å²) in [4.78, 5) is 0. The maximum absolute atomic E-state index is 5.55. The zero-order chi connectivity index (χ0) is 13.7. The number of hydrogen-bond donors (Lipinski definition) is 1. The summed E-state index contributed by atoms with van der Waals surface area (Å²) in [5.41, 5.74) is 1.26. The number of benzene rings is 1. The summed E-state index contributed by atoms with van der Waals surface area (Å²) in [6.45, 7) is 4.28. The Bertz CT molecular complexity index is 383. The van der Waals surface area contributed by atoms with E-state index in [1.54, 1.807) is 14.2 Å². The summed E-state index contributed by atoms with van der Waals surface area (Å²) in [6.07, 6.45) is 3.81. The van der Waals surface area contributed by atoms with Crippen LogP contribution < -0.4 is 14.8 Å². The molecule has 0 amide bonds. The van der Waals surface area contributed by atoms with Gasteiger partial charge >= 0.3 is 0 Å². The van der Waals surface area contributed by atoms with Crippen molar-refractivity contribution in [2.45, 2.75) is 32.1 Å². The van der Waals surface area contributed by atoms with Gasteiger partial charge in [0, 0.05) is 5.56 Å². The van der Waals surface area contributed by atoms with Gasteiger partial charge in [0.1, 0.15) is 11.5 Å². The van der Waals surface area contributed by atoms with Crippen LogP contribution in [-0.2, 0) is 0 Å². The number of nitrogens with one attached hydrogen (secondary N) is 1. The van der Waals surface area contributed by atoms with Crippen LogP contribution in [0.2, 0.25) is 0 Å². The fourth-order valence-corrected chi connectivity index (χ4v) is 3.24. The monoisotopic (exact) mass is 263 g/mol. The van der Waals surface area contributed by atoms with E-state index < -0.39 is 0 Å². The van der Waals surface area contributed by atoms with Crippen molar-refractivity contribution in [1.29, 1.82) is 0 Å². The van der Waals surface area contributed by atoms with Gasteiger partial charge in [0.25, 0.3) is 0 Å². The Balaban J connectivity index is 2.28. The zero-order valence-electron chi connectivity index (χ0n) is 12.2. The molecule has 1 saturated carbocycles. The zero-order valence-corrected chi connectivity index (χ0v) is 12.2. The number of hydrogen-bond acceptors (Lipinski definition) is 3. The van der Waals surface area contributed by atoms with E-state index in [2.05, 4.69) is 12.2 Å². The summed E-state index contributed by atoms with van der Waals surface area (Å²) in [5, 5.41) is 3.48. The van der Waals surface area contributed by atoms with E-state index in [0.717, 1.165) is 24.6 Å². The van der Waals surface area contributed by atoms with E-state index in [0.29, 0.717) is 11.8 Å². The van der Waals surface area contributed by atoms with E-state index in [9.17, 15) is 0 Å². The van der Waals surface area contributed by atoms with Crippen molar-refractivity contribution in [2.75, 3.05) is 27.3 Å². The molecular weight excluding hydrogens is 238 g/mol. The molecule has 2 rings (SSSR count). The molecule has 19 heavy (non-hydrogen) atoms. The lowest BCUT2D eigenvalue weighted by atomic mass is 9.87. The van der Waals surface area contributed by atoms with Crippen LogP contribution in [-0.4, -0.2) is 27.3 Å². The van der Waals surface area contributed by atoms with Gasteiger partial charge in [0.2, 0.25) is 0 Å². The van der Waals surface area contributed by atoms with Crippen LogP contribution in [0.1, 0.15) is 37.7 Å². The van der Waals surface area contributed by atoms with E-state index in [-0.39, 0.29) is 0 Å². The summed E-state index contributed by atoms with van der Waals surface area (Å²) >= 11 is 0. The fraction of sp³-hybridized carbons (Fsp3) is 0.625. The van der Waals surface area contributed by atoms with Crippen LogP contribution in [0, 0.1) is 5.92 Å². The smallest absolute Gasteiger partial charge is 0.126 e. The van der Waals surface area contributed by atoms with Crippen LogP contribution in [0.3, 0.4) is 0 Å². The van der Waals surface area contributed by atoms with Crippen molar-refractivity contribution in [3.63, 3.8) is 0 Å². The molecule has 1 aromatic carbocycles. The molecule has 1 N–H and O–H groups in total. The molecule has 0 radical (unpaired) electrons. The van der Waals surface area contributed by atoms with Gasteiger partial charge in [-0.2, -0.15) is 0 Å². The Morgan fingerprint density at radius 3 is 2.42 bits per heavy atom. The Morgan fingerprint density at radius 1 is 1.16 bits per heavy atom. The maximum atomic E-state index is 5.55. The van der Waals surface area contributed by atoms with E-state index in [1.807, 2.05) is 18.2 Å². The van der Waals surface area contributed by atoms with Crippen LogP contribution in [0.4, 0.5) is 0 Å². The molecule has 106 valence electrons. The molecule has 3 heteroatoms. The average Bonchev–Trinajstić information content (AvgIpc) is 2.91. The van der Waals surface area contributed by atoms with Gasteiger partial charge in [-0.15, -0.1) is 0 Å². The molecule has 1 fully saturated rings. The predicted molar refractivity (Wildman–Crippen MR) is 78.2 cm³/mol. The van der Waals surface area contributed by atoms with Crippen molar-refractivity contribution in [3.8, 4) is 11.5 Å². The van der Waals surface area contributed by atoms with E-state index in [1.165, 1.54) is 24.8 Å². The van der Waals surface area contributed by atoms with E-state index in [4.69, 9.17) is 9.47 Å². The quantitative estimate of drug-likeness (QED) is 0.855. The second-order valence-corrected chi connectivity index (χ2v) is 5.18. The molecule has 0 heterocycles. The van der Waals surface area contributed by atoms with Crippen molar-refractivity contribution < 1.29 is 9.47 Å². The highest BCUT2D eigenvalue weighted by molar-refractivity contribution is 5.48. The third-order valence-corrected chi connectivity index (χ3v) is 4.15. The molecule has 1 aromatic rings. The first-order valence-corrected chi connectivity index (χ1v) is 7.23. The molecule has 0 bridgehead atoms. The molecule has 0 spiro atoms. The Morgan fingerprint density at radius 2 is 1.84 bits per heavy atom. The lowest BCUT2D eigenvalue weighted by Gasteiger charge is -2.24. The second kappa shape index (κ2) is 6.80. The molecule has 0 aliphatic heterocycles. The molecule has 0 aromatic heterocycles. The summed E-state index contributed by atoms with van der Waals surface area (Å²) in [6, 6.07) is 6.08. The van der Waals surface area contributed by atoms with Crippen molar-refractivity contribution in [1.82, 2.24) is 5.32 Å². The largest absolute Gasteiger partial charge is 0.496 e. The Kier molecular flexibility index (Phi) is 5.08. The minimum absolute atomic E-state index is 0.546. The van der Waals surface area contributed by atoms with Gasteiger partial charge in [-0.05, 0) is 49.9 Å². The highest BCUT2D eigenvalue weighted by atomic mass is 16.5. The maximum Gasteiger partial charge on any atom is 0.126 e. The van der Waals surface area contributed by atoms with Gasteiger partial charge in [-0.25, -0.2) is 0 Å². The second-order valence-electron chi connectivity index (χ2n) is 5.18. The van der Waals surface area contributed by atoms with Crippen LogP contribution >= 0.6 is 0 Å². The van der Waals surface area contributed by atoms with Gasteiger partial charge < -0.3 is 14.8 Å². The average molecular weight is 263 g/mol. The Hall–Kier alpha value is -1.22. The highest BCUT2D eigenvalue weighted by Crippen LogP contribution is 2.46. The van der Waals surface area contributed by atoms with E-state index >= 15 is 0 Å². The van der Waals surface area contributed by atoms with Crippen LogP contribution in [0.5, 0.6) is 11.5 Å². The molecule has 1 aliphatic carbocycles. The molecular formula is C16H25NO2. The lowest BCUT2D eigenvalue weighted by Crippen LogP contribution is -2.24. The first-order valence-electron chi connectivity index (χ1n) is 7.23. The summed E-state index contributed by atoms with van der Waals surface area (Å²) < 4.78 is 11.1. The van der Waals surface area contributed by atoms with Gasteiger partial charge in [0.15, 0.2) is 0 Å². The fourth-order valence-electron chi connectivity index (χ4n) is 3.24. The summed E-state index contributed by atoms with van der Waals surface area (Å²) in [5.74, 6) is 3.16. The first kappa shape index (κ1) is 14.2. The number of ether oxygens (including phenoxy) is 2. The third-order valence-electron chi connectivity index (χ3n) is 4.15. The third kappa shape index (κ3) is 3.03.